The molecule has 2 aromatic rings. The number of nitrogens with two attached hydrogens (primary N) is 1. The normalized spacial score (nSPS) is 11.7. The lowest BCUT2D eigenvalue weighted by Crippen LogP contribution is -2.31. The first-order valence-electron chi connectivity index (χ1n) is 6.96. The van der Waals surface area contributed by atoms with Crippen molar-refractivity contribution in [2.75, 3.05) is 6.61 Å². The molecule has 4 nitrogen and oxygen atoms in total. The number of ether oxygens (including phenoxy) is 1. The third-order valence-electron chi connectivity index (χ3n) is 3.23. The zero-order valence-electron chi connectivity index (χ0n) is 12.1. The lowest BCUT2D eigenvalue weighted by atomic mass is 10.1. The maximum absolute atomic E-state index is 11.9. The predicted molar refractivity (Wildman–Crippen MR) is 82.8 cm³/mol. The smallest absolute Gasteiger partial charge is 0.258 e. The second kappa shape index (κ2) is 7.45. The second-order valence-electron chi connectivity index (χ2n) is 4.80. The van der Waals surface area contributed by atoms with Crippen LogP contribution in [0.4, 0.5) is 0 Å². The molecule has 0 fully saturated rings. The van der Waals surface area contributed by atoms with Crippen LogP contribution in [0.3, 0.4) is 0 Å². The second-order valence-corrected chi connectivity index (χ2v) is 4.80. The molecule has 3 N–H and O–H groups in total. The number of para-hydroxylation sites is 1. The topological polar surface area (TPSA) is 64.3 Å². The quantitative estimate of drug-likeness (QED) is 0.856. The fraction of sp³-hybridized carbons (Fsp3) is 0.235. The van der Waals surface area contributed by atoms with E-state index in [2.05, 4.69) is 5.32 Å². The molecule has 0 heterocycles. The van der Waals surface area contributed by atoms with Gasteiger partial charge in [0.15, 0.2) is 6.61 Å². The maximum atomic E-state index is 11.9. The Morgan fingerprint density at radius 3 is 2.52 bits per heavy atom. The Labute approximate surface area is 124 Å². The molecule has 0 bridgehead atoms. The minimum Gasteiger partial charge on any atom is -0.483 e. The molecule has 1 atom stereocenters. The van der Waals surface area contributed by atoms with Crippen molar-refractivity contribution in [1.82, 2.24) is 5.32 Å². The summed E-state index contributed by atoms with van der Waals surface area (Å²) in [7, 11) is 0. The van der Waals surface area contributed by atoms with E-state index in [-0.39, 0.29) is 18.6 Å². The first kappa shape index (κ1) is 15.1. The van der Waals surface area contributed by atoms with Crippen LogP contribution in [-0.2, 0) is 11.3 Å². The van der Waals surface area contributed by atoms with E-state index in [1.165, 1.54) is 0 Å². The molecule has 2 rings (SSSR count). The van der Waals surface area contributed by atoms with E-state index in [1.54, 1.807) is 0 Å². The van der Waals surface area contributed by atoms with Gasteiger partial charge < -0.3 is 15.8 Å². The van der Waals surface area contributed by atoms with Gasteiger partial charge in [0.05, 0.1) is 6.04 Å². The van der Waals surface area contributed by atoms with Crippen LogP contribution in [0.15, 0.2) is 54.6 Å². The van der Waals surface area contributed by atoms with E-state index in [1.807, 2.05) is 61.5 Å². The van der Waals surface area contributed by atoms with Crippen molar-refractivity contribution in [1.29, 1.82) is 0 Å². The number of nitrogens with one attached hydrogen (secondary N) is 1. The Morgan fingerprint density at radius 2 is 1.81 bits per heavy atom. The number of rotatable bonds is 6. The zero-order valence-corrected chi connectivity index (χ0v) is 12.1. The number of amides is 1. The van der Waals surface area contributed by atoms with Crippen molar-refractivity contribution < 1.29 is 9.53 Å². The Hall–Kier alpha value is -2.33. The van der Waals surface area contributed by atoms with Crippen LogP contribution in [0.1, 0.15) is 24.1 Å². The third-order valence-corrected chi connectivity index (χ3v) is 3.23. The van der Waals surface area contributed by atoms with Crippen LogP contribution in [-0.4, -0.2) is 12.5 Å². The van der Waals surface area contributed by atoms with Crippen molar-refractivity contribution in [2.45, 2.75) is 19.5 Å². The van der Waals surface area contributed by atoms with Crippen LogP contribution in [0.5, 0.6) is 5.75 Å². The molecule has 0 aliphatic heterocycles. The summed E-state index contributed by atoms with van der Waals surface area (Å²) in [4.78, 5) is 11.9. The zero-order chi connectivity index (χ0) is 15.1. The van der Waals surface area contributed by atoms with Crippen LogP contribution < -0.4 is 15.8 Å². The van der Waals surface area contributed by atoms with Gasteiger partial charge in [-0.1, -0.05) is 48.5 Å². The molecule has 0 radical (unpaired) electrons. The summed E-state index contributed by atoms with van der Waals surface area (Å²) < 4.78 is 5.53. The van der Waals surface area contributed by atoms with Crippen molar-refractivity contribution in [2.24, 2.45) is 5.73 Å². The first-order valence-corrected chi connectivity index (χ1v) is 6.96. The summed E-state index contributed by atoms with van der Waals surface area (Å²) in [5.41, 5.74) is 7.59. The van der Waals surface area contributed by atoms with Gasteiger partial charge in [-0.3, -0.25) is 4.79 Å². The van der Waals surface area contributed by atoms with Gasteiger partial charge in [0.25, 0.3) is 5.91 Å². The molecule has 0 aromatic heterocycles. The molecular weight excluding hydrogens is 264 g/mol. The van der Waals surface area contributed by atoms with Gasteiger partial charge in [-0.25, -0.2) is 0 Å². The average molecular weight is 284 g/mol. The highest BCUT2D eigenvalue weighted by molar-refractivity contribution is 5.78. The lowest BCUT2D eigenvalue weighted by molar-refractivity contribution is -0.123. The molecule has 0 saturated heterocycles. The molecule has 2 aromatic carbocycles. The van der Waals surface area contributed by atoms with Gasteiger partial charge in [0.1, 0.15) is 5.75 Å². The summed E-state index contributed by atoms with van der Waals surface area (Å²) in [6.45, 7) is 2.31. The molecule has 0 saturated carbocycles. The highest BCUT2D eigenvalue weighted by atomic mass is 16.5. The maximum Gasteiger partial charge on any atom is 0.258 e. The SMILES string of the molecule is CC(NC(=O)COc1ccccc1CN)c1ccccc1. The minimum atomic E-state index is -0.154. The van der Waals surface area contributed by atoms with Gasteiger partial charge in [0, 0.05) is 12.1 Å². The van der Waals surface area contributed by atoms with Crippen molar-refractivity contribution in [3.8, 4) is 5.75 Å². The van der Waals surface area contributed by atoms with Crippen molar-refractivity contribution >= 4 is 5.91 Å². The summed E-state index contributed by atoms with van der Waals surface area (Å²) in [6.07, 6.45) is 0. The summed E-state index contributed by atoms with van der Waals surface area (Å²) >= 11 is 0. The number of carbonyl (C=O) groups is 1. The van der Waals surface area contributed by atoms with Gasteiger partial charge in [-0.15, -0.1) is 0 Å². The van der Waals surface area contributed by atoms with Crippen LogP contribution in [0.2, 0.25) is 0 Å². The third kappa shape index (κ3) is 4.33. The fourth-order valence-electron chi connectivity index (χ4n) is 2.06. The van der Waals surface area contributed by atoms with E-state index in [0.717, 1.165) is 11.1 Å². The highest BCUT2D eigenvalue weighted by Gasteiger charge is 2.10. The first-order chi connectivity index (χ1) is 10.2. The Kier molecular flexibility index (Phi) is 5.35. The predicted octanol–water partition coefficient (Wildman–Crippen LogP) is 2.40. The van der Waals surface area contributed by atoms with E-state index >= 15 is 0 Å². The van der Waals surface area contributed by atoms with Crippen molar-refractivity contribution in [3.05, 3.63) is 65.7 Å². The molecule has 21 heavy (non-hydrogen) atoms. The summed E-state index contributed by atoms with van der Waals surface area (Å²) in [6, 6.07) is 17.2. The Morgan fingerprint density at radius 1 is 1.14 bits per heavy atom. The molecule has 4 heteroatoms. The van der Waals surface area contributed by atoms with Gasteiger partial charge in [-0.05, 0) is 18.6 Å². The Balaban J connectivity index is 1.88. The average Bonchev–Trinajstić information content (AvgIpc) is 2.54. The molecule has 0 aliphatic rings. The molecule has 110 valence electrons. The number of benzene rings is 2. The van der Waals surface area contributed by atoms with Crippen LogP contribution >= 0.6 is 0 Å². The lowest BCUT2D eigenvalue weighted by Gasteiger charge is -2.15. The van der Waals surface area contributed by atoms with Gasteiger partial charge in [0.2, 0.25) is 0 Å². The van der Waals surface area contributed by atoms with E-state index in [9.17, 15) is 4.79 Å². The number of hydrogen-bond acceptors (Lipinski definition) is 3. The monoisotopic (exact) mass is 284 g/mol. The van der Waals surface area contributed by atoms with Crippen molar-refractivity contribution in [3.63, 3.8) is 0 Å². The van der Waals surface area contributed by atoms with Crippen LogP contribution in [0.25, 0.3) is 0 Å². The molecule has 0 aliphatic carbocycles. The van der Waals surface area contributed by atoms with E-state index in [0.29, 0.717) is 12.3 Å². The standard InChI is InChI=1S/C17H20N2O2/c1-13(14-7-3-2-4-8-14)19-17(20)12-21-16-10-6-5-9-15(16)11-18/h2-10,13H,11-12,18H2,1H3,(H,19,20). The molecule has 1 amide bonds. The van der Waals surface area contributed by atoms with E-state index in [4.69, 9.17) is 10.5 Å². The molecule has 1 unspecified atom stereocenters. The number of carbonyl (C=O) groups excluding carboxylic acids is 1. The Bertz CT molecular complexity index is 584. The summed E-state index contributed by atoms with van der Waals surface area (Å²) in [5, 5.41) is 2.91. The van der Waals surface area contributed by atoms with E-state index < -0.39 is 0 Å². The minimum absolute atomic E-state index is 0.0197. The largest absolute Gasteiger partial charge is 0.483 e. The fourth-order valence-corrected chi connectivity index (χ4v) is 2.06. The van der Waals surface area contributed by atoms with Crippen LogP contribution in [0, 0.1) is 0 Å². The molecule has 0 spiro atoms. The number of hydrogen-bond donors (Lipinski definition) is 2. The van der Waals surface area contributed by atoms with Gasteiger partial charge >= 0.3 is 0 Å². The van der Waals surface area contributed by atoms with Gasteiger partial charge in [-0.2, -0.15) is 0 Å². The molecular formula is C17H20N2O2. The summed E-state index contributed by atoms with van der Waals surface area (Å²) in [5.74, 6) is 0.501. The highest BCUT2D eigenvalue weighted by Crippen LogP contribution is 2.17.